The normalized spacial score (nSPS) is 18.7. The van der Waals surface area contributed by atoms with E-state index in [2.05, 4.69) is 5.32 Å². The first-order chi connectivity index (χ1) is 7.54. The van der Waals surface area contributed by atoms with E-state index in [1.54, 1.807) is 11.8 Å². The summed E-state index contributed by atoms with van der Waals surface area (Å²) >= 11 is 0. The largest absolute Gasteiger partial charge is 0.353 e. The van der Waals surface area contributed by atoms with Crippen molar-refractivity contribution < 1.29 is 9.59 Å². The summed E-state index contributed by atoms with van der Waals surface area (Å²) in [5.41, 5.74) is 0. The van der Waals surface area contributed by atoms with Crippen LogP contribution < -0.4 is 5.32 Å². The van der Waals surface area contributed by atoms with E-state index < -0.39 is 5.92 Å². The monoisotopic (exact) mass is 223 g/mol. The summed E-state index contributed by atoms with van der Waals surface area (Å²) in [4.78, 5) is 24.2. The predicted molar refractivity (Wildman–Crippen MR) is 58.2 cm³/mol. The molecule has 1 heterocycles. The van der Waals surface area contributed by atoms with Gasteiger partial charge in [-0.15, -0.1) is 0 Å². The summed E-state index contributed by atoms with van der Waals surface area (Å²) < 4.78 is 0. The molecular formula is C11H17N3O2. The molecule has 0 spiro atoms. The average Bonchev–Trinajstić information content (AvgIpc) is 2.27. The second kappa shape index (κ2) is 5.50. The lowest BCUT2D eigenvalue weighted by molar-refractivity contribution is -0.134. The third kappa shape index (κ3) is 3.23. The van der Waals surface area contributed by atoms with Crippen LogP contribution in [0.15, 0.2) is 0 Å². The van der Waals surface area contributed by atoms with E-state index in [0.29, 0.717) is 13.1 Å². The van der Waals surface area contributed by atoms with Crippen LogP contribution in [0.3, 0.4) is 0 Å². The molecule has 16 heavy (non-hydrogen) atoms. The molecule has 0 aromatic rings. The Balaban J connectivity index is 2.40. The van der Waals surface area contributed by atoms with Crippen molar-refractivity contribution in [3.8, 4) is 6.07 Å². The van der Waals surface area contributed by atoms with Crippen LogP contribution in [0.1, 0.15) is 26.7 Å². The highest BCUT2D eigenvalue weighted by molar-refractivity contribution is 5.81. The number of piperidine rings is 1. The molecular weight excluding hydrogens is 206 g/mol. The summed E-state index contributed by atoms with van der Waals surface area (Å²) in [7, 11) is 0. The second-order valence-corrected chi connectivity index (χ2v) is 4.15. The Morgan fingerprint density at radius 2 is 2.00 bits per heavy atom. The number of hydrogen-bond acceptors (Lipinski definition) is 3. The van der Waals surface area contributed by atoms with E-state index in [4.69, 9.17) is 5.26 Å². The van der Waals surface area contributed by atoms with Gasteiger partial charge in [-0.3, -0.25) is 9.59 Å². The van der Waals surface area contributed by atoms with E-state index in [-0.39, 0.29) is 17.9 Å². The minimum atomic E-state index is -0.572. The summed E-state index contributed by atoms with van der Waals surface area (Å²) in [5, 5.41) is 11.5. The molecule has 1 atom stereocenters. The Morgan fingerprint density at radius 3 is 2.44 bits per heavy atom. The molecule has 0 saturated carbocycles. The summed E-state index contributed by atoms with van der Waals surface area (Å²) in [6.45, 7) is 4.35. The molecule has 5 heteroatoms. The molecule has 0 aromatic carbocycles. The fourth-order valence-electron chi connectivity index (χ4n) is 1.86. The van der Waals surface area contributed by atoms with Gasteiger partial charge in [0, 0.05) is 26.1 Å². The van der Waals surface area contributed by atoms with Crippen LogP contribution in [-0.2, 0) is 9.59 Å². The van der Waals surface area contributed by atoms with E-state index in [0.717, 1.165) is 12.8 Å². The highest BCUT2D eigenvalue weighted by Crippen LogP contribution is 2.13. The fraction of sp³-hybridized carbons (Fsp3) is 0.727. The molecule has 2 amide bonds. The highest BCUT2D eigenvalue weighted by atomic mass is 16.2. The highest BCUT2D eigenvalue weighted by Gasteiger charge is 2.25. The van der Waals surface area contributed by atoms with Gasteiger partial charge in [-0.05, 0) is 19.8 Å². The molecule has 1 fully saturated rings. The first kappa shape index (κ1) is 12.5. The predicted octanol–water partition coefficient (Wildman–Crippen LogP) is 0.273. The van der Waals surface area contributed by atoms with Gasteiger partial charge in [0.05, 0.1) is 6.07 Å². The Hall–Kier alpha value is -1.57. The lowest BCUT2D eigenvalue weighted by Crippen LogP contribution is -2.47. The van der Waals surface area contributed by atoms with Crippen LogP contribution in [0.25, 0.3) is 0 Å². The van der Waals surface area contributed by atoms with Crippen molar-refractivity contribution in [2.45, 2.75) is 32.7 Å². The first-order valence-electron chi connectivity index (χ1n) is 5.50. The van der Waals surface area contributed by atoms with Crippen LogP contribution in [-0.4, -0.2) is 35.8 Å². The quantitative estimate of drug-likeness (QED) is 0.730. The maximum absolute atomic E-state index is 11.7. The van der Waals surface area contributed by atoms with Gasteiger partial charge in [-0.25, -0.2) is 0 Å². The van der Waals surface area contributed by atoms with Crippen molar-refractivity contribution in [1.82, 2.24) is 10.2 Å². The number of nitrogens with one attached hydrogen (secondary N) is 1. The Bertz CT molecular complexity index is 314. The molecule has 1 rings (SSSR count). The number of rotatable bonds is 2. The molecule has 1 aliphatic rings. The van der Waals surface area contributed by atoms with Gasteiger partial charge in [0.2, 0.25) is 11.8 Å². The van der Waals surface area contributed by atoms with Crippen molar-refractivity contribution in [2.75, 3.05) is 13.1 Å². The van der Waals surface area contributed by atoms with E-state index in [1.807, 2.05) is 6.07 Å². The number of likely N-dealkylation sites (tertiary alicyclic amines) is 1. The zero-order valence-electron chi connectivity index (χ0n) is 9.69. The minimum Gasteiger partial charge on any atom is -0.353 e. The smallest absolute Gasteiger partial charge is 0.239 e. The molecule has 5 nitrogen and oxygen atoms in total. The van der Waals surface area contributed by atoms with Crippen molar-refractivity contribution in [3.63, 3.8) is 0 Å². The van der Waals surface area contributed by atoms with Gasteiger partial charge < -0.3 is 10.2 Å². The van der Waals surface area contributed by atoms with Crippen LogP contribution in [0.5, 0.6) is 0 Å². The van der Waals surface area contributed by atoms with E-state index >= 15 is 0 Å². The summed E-state index contributed by atoms with van der Waals surface area (Å²) in [5.74, 6) is -0.712. The van der Waals surface area contributed by atoms with Crippen LogP contribution in [0, 0.1) is 17.2 Å². The van der Waals surface area contributed by atoms with Crippen molar-refractivity contribution in [1.29, 1.82) is 5.26 Å². The van der Waals surface area contributed by atoms with Crippen molar-refractivity contribution in [3.05, 3.63) is 0 Å². The Kier molecular flexibility index (Phi) is 4.29. The van der Waals surface area contributed by atoms with Crippen LogP contribution in [0.4, 0.5) is 0 Å². The lowest BCUT2D eigenvalue weighted by atomic mass is 10.0. The van der Waals surface area contributed by atoms with Gasteiger partial charge in [0.25, 0.3) is 0 Å². The Labute approximate surface area is 95.4 Å². The standard InChI is InChI=1S/C11H17N3O2/c1-8(7-12)11(16)14-5-3-10(4-6-14)13-9(2)15/h8,10H,3-6H2,1-2H3,(H,13,15). The lowest BCUT2D eigenvalue weighted by Gasteiger charge is -2.32. The minimum absolute atomic E-state index is 0.0323. The molecule has 1 saturated heterocycles. The van der Waals surface area contributed by atoms with Gasteiger partial charge in [0.1, 0.15) is 5.92 Å². The number of nitrogens with zero attached hydrogens (tertiary/aromatic N) is 2. The number of carbonyl (C=O) groups excluding carboxylic acids is 2. The topological polar surface area (TPSA) is 73.2 Å². The molecule has 1 aliphatic heterocycles. The number of amides is 2. The summed E-state index contributed by atoms with van der Waals surface area (Å²) in [6, 6.07) is 2.11. The van der Waals surface area contributed by atoms with Crippen LogP contribution in [0.2, 0.25) is 0 Å². The number of hydrogen-bond donors (Lipinski definition) is 1. The van der Waals surface area contributed by atoms with E-state index in [9.17, 15) is 9.59 Å². The second-order valence-electron chi connectivity index (χ2n) is 4.15. The molecule has 0 aliphatic carbocycles. The molecule has 1 N–H and O–H groups in total. The molecule has 0 bridgehead atoms. The number of carbonyl (C=O) groups is 2. The molecule has 0 aromatic heterocycles. The first-order valence-corrected chi connectivity index (χ1v) is 5.50. The Morgan fingerprint density at radius 1 is 1.44 bits per heavy atom. The van der Waals surface area contributed by atoms with Gasteiger partial charge in [-0.2, -0.15) is 5.26 Å². The number of nitriles is 1. The zero-order valence-corrected chi connectivity index (χ0v) is 9.69. The molecule has 1 unspecified atom stereocenters. The third-order valence-corrected chi connectivity index (χ3v) is 2.78. The van der Waals surface area contributed by atoms with Crippen molar-refractivity contribution in [2.24, 2.45) is 5.92 Å². The van der Waals surface area contributed by atoms with Crippen LogP contribution >= 0.6 is 0 Å². The van der Waals surface area contributed by atoms with Gasteiger partial charge in [0.15, 0.2) is 0 Å². The van der Waals surface area contributed by atoms with Gasteiger partial charge in [-0.1, -0.05) is 0 Å². The zero-order chi connectivity index (χ0) is 12.1. The van der Waals surface area contributed by atoms with E-state index in [1.165, 1.54) is 6.92 Å². The summed E-state index contributed by atoms with van der Waals surface area (Å²) in [6.07, 6.45) is 1.53. The average molecular weight is 223 g/mol. The fourth-order valence-corrected chi connectivity index (χ4v) is 1.86. The molecule has 88 valence electrons. The maximum Gasteiger partial charge on any atom is 0.239 e. The van der Waals surface area contributed by atoms with Gasteiger partial charge >= 0.3 is 0 Å². The maximum atomic E-state index is 11.7. The SMILES string of the molecule is CC(=O)NC1CCN(C(=O)C(C)C#N)CC1. The third-order valence-electron chi connectivity index (χ3n) is 2.78. The molecule has 0 radical (unpaired) electrons. The van der Waals surface area contributed by atoms with Crippen molar-refractivity contribution >= 4 is 11.8 Å².